The van der Waals surface area contributed by atoms with E-state index in [0.29, 0.717) is 23.7 Å². The van der Waals surface area contributed by atoms with E-state index in [2.05, 4.69) is 40.2 Å². The standard InChI is InChI=1S/C29H35BrO4/c1-5-16(2)27(31)33-26-20-10-18-11-21(26)13-19(12-20)25(18)28(32)34-29(3,4)22-14-17-8-6-7-9-23(17)24(30)15-22/h6-9,14-16,18-21,25-26H,5,10-13H2,1-4H3. The van der Waals surface area contributed by atoms with E-state index < -0.39 is 5.60 Å². The lowest BCUT2D eigenvalue weighted by atomic mass is 9.50. The number of hydrogen-bond acceptors (Lipinski definition) is 4. The van der Waals surface area contributed by atoms with Gasteiger partial charge in [-0.3, -0.25) is 9.59 Å². The molecule has 0 N–H and O–H groups in total. The van der Waals surface area contributed by atoms with Crippen LogP contribution in [0, 0.1) is 35.5 Å². The molecule has 0 spiro atoms. The van der Waals surface area contributed by atoms with Crippen LogP contribution in [-0.4, -0.2) is 18.0 Å². The summed E-state index contributed by atoms with van der Waals surface area (Å²) >= 11 is 3.69. The zero-order valence-electron chi connectivity index (χ0n) is 20.6. The first-order chi connectivity index (χ1) is 16.2. The molecule has 4 nitrogen and oxygen atoms in total. The monoisotopic (exact) mass is 526 g/mol. The number of rotatable bonds is 6. The van der Waals surface area contributed by atoms with E-state index in [1.54, 1.807) is 0 Å². The van der Waals surface area contributed by atoms with E-state index in [0.717, 1.165) is 52.9 Å². The predicted octanol–water partition coefficient (Wildman–Crippen LogP) is 7.02. The number of benzene rings is 2. The summed E-state index contributed by atoms with van der Waals surface area (Å²) in [6.07, 6.45) is 4.71. The third-order valence-corrected chi connectivity index (χ3v) is 9.42. The van der Waals surface area contributed by atoms with Gasteiger partial charge in [-0.15, -0.1) is 0 Å². The Labute approximate surface area is 210 Å². The molecule has 1 unspecified atom stereocenters. The van der Waals surface area contributed by atoms with Crippen molar-refractivity contribution in [2.24, 2.45) is 35.5 Å². The number of fused-ring (bicyclic) bond motifs is 1. The molecule has 5 heteroatoms. The Morgan fingerprint density at radius 1 is 1.03 bits per heavy atom. The van der Waals surface area contributed by atoms with Crippen LogP contribution in [-0.2, 0) is 24.7 Å². The highest BCUT2D eigenvalue weighted by Gasteiger charge is 2.57. The van der Waals surface area contributed by atoms with Crippen LogP contribution in [0.3, 0.4) is 0 Å². The van der Waals surface area contributed by atoms with Crippen LogP contribution in [0.5, 0.6) is 0 Å². The van der Waals surface area contributed by atoms with Gasteiger partial charge in [-0.05, 0) is 98.1 Å². The van der Waals surface area contributed by atoms with E-state index in [1.165, 1.54) is 0 Å². The number of carbonyl (C=O) groups is 2. The minimum absolute atomic E-state index is 0.0392. The van der Waals surface area contributed by atoms with Crippen molar-refractivity contribution in [3.05, 3.63) is 46.4 Å². The summed E-state index contributed by atoms with van der Waals surface area (Å²) in [5, 5.41) is 2.28. The highest BCUT2D eigenvalue weighted by atomic mass is 79.9. The second-order valence-corrected chi connectivity index (χ2v) is 12.2. The average Bonchev–Trinajstić information content (AvgIpc) is 2.79. The second kappa shape index (κ2) is 8.96. The van der Waals surface area contributed by atoms with Crippen molar-refractivity contribution in [2.75, 3.05) is 0 Å². The molecule has 0 saturated heterocycles. The lowest BCUT2D eigenvalue weighted by Gasteiger charge is -2.56. The topological polar surface area (TPSA) is 52.6 Å². The van der Waals surface area contributed by atoms with Crippen LogP contribution in [0.25, 0.3) is 10.8 Å². The fourth-order valence-corrected chi connectivity index (χ4v) is 7.42. The quantitative estimate of drug-likeness (QED) is 0.379. The maximum absolute atomic E-state index is 13.5. The summed E-state index contributed by atoms with van der Waals surface area (Å²) in [6.45, 7) is 7.95. The largest absolute Gasteiger partial charge is 0.462 e. The summed E-state index contributed by atoms with van der Waals surface area (Å²) in [5.41, 5.74) is 0.277. The molecule has 2 aromatic rings. The first-order valence-electron chi connectivity index (χ1n) is 12.8. The molecule has 182 valence electrons. The van der Waals surface area contributed by atoms with E-state index in [1.807, 2.05) is 39.8 Å². The zero-order chi connectivity index (χ0) is 24.2. The van der Waals surface area contributed by atoms with Crippen molar-refractivity contribution in [3.63, 3.8) is 0 Å². The Morgan fingerprint density at radius 3 is 2.26 bits per heavy atom. The molecule has 0 radical (unpaired) electrons. The first kappa shape index (κ1) is 23.8. The lowest BCUT2D eigenvalue weighted by Crippen LogP contribution is -2.56. The van der Waals surface area contributed by atoms with Crippen molar-refractivity contribution < 1.29 is 19.1 Å². The molecule has 4 aliphatic carbocycles. The van der Waals surface area contributed by atoms with Crippen LogP contribution in [0.1, 0.15) is 65.4 Å². The predicted molar refractivity (Wildman–Crippen MR) is 136 cm³/mol. The molecule has 2 aromatic carbocycles. The van der Waals surface area contributed by atoms with Crippen LogP contribution >= 0.6 is 15.9 Å². The van der Waals surface area contributed by atoms with Gasteiger partial charge in [0.2, 0.25) is 0 Å². The molecule has 1 atom stereocenters. The van der Waals surface area contributed by atoms with Crippen molar-refractivity contribution >= 4 is 38.6 Å². The van der Waals surface area contributed by atoms with Crippen molar-refractivity contribution in [1.82, 2.24) is 0 Å². The molecule has 0 aromatic heterocycles. The van der Waals surface area contributed by atoms with Gasteiger partial charge in [0.05, 0.1) is 11.8 Å². The van der Waals surface area contributed by atoms with Gasteiger partial charge in [0.1, 0.15) is 11.7 Å². The van der Waals surface area contributed by atoms with Gasteiger partial charge in [0.15, 0.2) is 0 Å². The van der Waals surface area contributed by atoms with Crippen molar-refractivity contribution in [3.8, 4) is 0 Å². The molecular formula is C29H35BrO4. The van der Waals surface area contributed by atoms with Gasteiger partial charge >= 0.3 is 11.9 Å². The highest BCUT2D eigenvalue weighted by molar-refractivity contribution is 9.10. The maximum Gasteiger partial charge on any atom is 0.310 e. The summed E-state index contributed by atoms with van der Waals surface area (Å²) in [7, 11) is 0. The number of halogens is 1. The molecule has 34 heavy (non-hydrogen) atoms. The minimum atomic E-state index is -0.716. The molecule has 4 saturated carbocycles. The van der Waals surface area contributed by atoms with Crippen LogP contribution in [0.15, 0.2) is 40.9 Å². The minimum Gasteiger partial charge on any atom is -0.462 e. The Kier molecular flexibility index (Phi) is 6.29. The average molecular weight is 527 g/mol. The highest BCUT2D eigenvalue weighted by Crippen LogP contribution is 2.58. The van der Waals surface area contributed by atoms with Crippen molar-refractivity contribution in [2.45, 2.75) is 71.5 Å². The van der Waals surface area contributed by atoms with Crippen LogP contribution < -0.4 is 0 Å². The fourth-order valence-electron chi connectivity index (χ4n) is 6.82. The summed E-state index contributed by atoms with van der Waals surface area (Å²) in [5.74, 6) is 1.27. The van der Waals surface area contributed by atoms with Gasteiger partial charge in [0.25, 0.3) is 0 Å². The van der Waals surface area contributed by atoms with E-state index in [-0.39, 0.29) is 29.9 Å². The van der Waals surface area contributed by atoms with E-state index in [4.69, 9.17) is 9.47 Å². The number of esters is 2. The number of ether oxygens (including phenoxy) is 2. The fraction of sp³-hybridized carbons (Fsp3) is 0.586. The molecule has 4 aliphatic rings. The normalized spacial score (nSPS) is 30.9. The number of hydrogen-bond donors (Lipinski definition) is 0. The summed E-state index contributed by atoms with van der Waals surface area (Å²) < 4.78 is 13.3. The van der Waals surface area contributed by atoms with E-state index >= 15 is 0 Å². The summed E-state index contributed by atoms with van der Waals surface area (Å²) in [4.78, 5) is 26.0. The van der Waals surface area contributed by atoms with Crippen LogP contribution in [0.4, 0.5) is 0 Å². The molecule has 0 heterocycles. The van der Waals surface area contributed by atoms with Crippen LogP contribution in [0.2, 0.25) is 0 Å². The molecule has 4 bridgehead atoms. The van der Waals surface area contributed by atoms with E-state index in [9.17, 15) is 9.59 Å². The lowest BCUT2D eigenvalue weighted by molar-refractivity contribution is -0.195. The molecule has 4 fully saturated rings. The zero-order valence-corrected chi connectivity index (χ0v) is 22.1. The van der Waals surface area contributed by atoms with Gasteiger partial charge in [-0.1, -0.05) is 54.0 Å². The Balaban J connectivity index is 1.29. The third-order valence-electron chi connectivity index (χ3n) is 8.77. The summed E-state index contributed by atoms with van der Waals surface area (Å²) in [6, 6.07) is 12.4. The SMILES string of the molecule is CCC(C)C(=O)OC1C2CC3CC1CC(C2)C3C(=O)OC(C)(C)c1cc(Br)c2ccccc2c1. The Morgan fingerprint density at radius 2 is 1.65 bits per heavy atom. The Hall–Kier alpha value is -1.88. The molecule has 0 amide bonds. The first-order valence-corrected chi connectivity index (χ1v) is 13.6. The van der Waals surface area contributed by atoms with Gasteiger partial charge in [-0.25, -0.2) is 0 Å². The number of carbonyl (C=O) groups excluding carboxylic acids is 2. The molecular weight excluding hydrogens is 492 g/mol. The smallest absolute Gasteiger partial charge is 0.310 e. The molecule has 6 rings (SSSR count). The molecule has 0 aliphatic heterocycles. The van der Waals surface area contributed by atoms with Gasteiger partial charge in [-0.2, -0.15) is 0 Å². The van der Waals surface area contributed by atoms with Crippen molar-refractivity contribution in [1.29, 1.82) is 0 Å². The van der Waals surface area contributed by atoms with Gasteiger partial charge in [0, 0.05) is 4.47 Å². The third kappa shape index (κ3) is 4.19. The second-order valence-electron chi connectivity index (χ2n) is 11.3. The Bertz CT molecular complexity index is 1080. The van der Waals surface area contributed by atoms with Gasteiger partial charge < -0.3 is 9.47 Å². The maximum atomic E-state index is 13.5.